The number of nitrogens with zero attached hydrogens (tertiary/aromatic N) is 3. The first-order valence-corrected chi connectivity index (χ1v) is 12.2. The second kappa shape index (κ2) is 10.3. The summed E-state index contributed by atoms with van der Waals surface area (Å²) in [5.74, 6) is -0.949. The largest absolute Gasteiger partial charge is 0.490 e. The molecule has 0 bridgehead atoms. The van der Waals surface area contributed by atoms with E-state index < -0.39 is 17.7 Å². The number of anilines is 1. The standard InChI is InChI=1S/C27H30N4O4/c32-26(29-34)23-18-20(35-25-10-4-9-24-22(25)8-5-13-28-24)11-12-21(23)27(33)31-16-14-30(15-17-31)19-6-2-1-3-7-19/h1-10,13,20-21,23,34H,11-12,14-18H2,(H,29,32)/t20?,21?,23-/m1/s1. The average Bonchev–Trinajstić information content (AvgIpc) is 2.93. The van der Waals surface area contributed by atoms with Crippen LogP contribution in [0.15, 0.2) is 66.9 Å². The van der Waals surface area contributed by atoms with Crippen molar-refractivity contribution in [3.63, 3.8) is 0 Å². The Bertz CT molecular complexity index is 1170. The Balaban J connectivity index is 1.25. The Labute approximate surface area is 204 Å². The van der Waals surface area contributed by atoms with E-state index in [1.54, 1.807) is 11.7 Å². The van der Waals surface area contributed by atoms with E-state index in [-0.39, 0.29) is 12.0 Å². The fourth-order valence-electron chi connectivity index (χ4n) is 5.32. The van der Waals surface area contributed by atoms with Gasteiger partial charge in [-0.05, 0) is 55.7 Å². The summed E-state index contributed by atoms with van der Waals surface area (Å²) in [6.45, 7) is 2.72. The van der Waals surface area contributed by atoms with Crippen LogP contribution in [0.2, 0.25) is 0 Å². The van der Waals surface area contributed by atoms with E-state index in [1.807, 2.05) is 53.4 Å². The monoisotopic (exact) mass is 474 g/mol. The van der Waals surface area contributed by atoms with Crippen LogP contribution in [0.5, 0.6) is 5.75 Å². The molecule has 0 radical (unpaired) electrons. The lowest BCUT2D eigenvalue weighted by molar-refractivity contribution is -0.148. The number of rotatable bonds is 5. The molecule has 1 saturated heterocycles. The molecule has 2 fully saturated rings. The number of hydrogen-bond acceptors (Lipinski definition) is 6. The van der Waals surface area contributed by atoms with Gasteiger partial charge in [0.1, 0.15) is 5.75 Å². The Hall–Kier alpha value is -3.65. The van der Waals surface area contributed by atoms with Crippen LogP contribution in [0.25, 0.3) is 10.9 Å². The maximum Gasteiger partial charge on any atom is 0.247 e. The number of piperazine rings is 1. The van der Waals surface area contributed by atoms with Gasteiger partial charge >= 0.3 is 0 Å². The van der Waals surface area contributed by atoms with Crippen molar-refractivity contribution < 1.29 is 19.5 Å². The highest BCUT2D eigenvalue weighted by Crippen LogP contribution is 2.36. The Morgan fingerprint density at radius 2 is 1.71 bits per heavy atom. The molecule has 1 saturated carbocycles. The van der Waals surface area contributed by atoms with Crippen LogP contribution in [-0.4, -0.2) is 59.2 Å². The first kappa shape index (κ1) is 23.1. The minimum atomic E-state index is -0.647. The van der Waals surface area contributed by atoms with Crippen LogP contribution >= 0.6 is 0 Å². The zero-order chi connectivity index (χ0) is 24.2. The molecule has 8 heteroatoms. The number of pyridine rings is 1. The molecule has 1 aromatic heterocycles. The van der Waals surface area contributed by atoms with Gasteiger partial charge in [-0.15, -0.1) is 0 Å². The number of carbonyl (C=O) groups excluding carboxylic acids is 2. The Morgan fingerprint density at radius 1 is 0.914 bits per heavy atom. The van der Waals surface area contributed by atoms with Gasteiger partial charge in [-0.25, -0.2) is 5.48 Å². The van der Waals surface area contributed by atoms with Gasteiger partial charge in [0, 0.05) is 43.4 Å². The smallest absolute Gasteiger partial charge is 0.247 e. The van der Waals surface area contributed by atoms with Crippen molar-refractivity contribution in [3.05, 3.63) is 66.9 Å². The number of benzene rings is 2. The van der Waals surface area contributed by atoms with Crippen molar-refractivity contribution in [1.29, 1.82) is 0 Å². The highest BCUT2D eigenvalue weighted by Gasteiger charge is 2.42. The third-order valence-corrected chi connectivity index (χ3v) is 7.18. The molecule has 1 aliphatic heterocycles. The van der Waals surface area contributed by atoms with Crippen LogP contribution in [0.3, 0.4) is 0 Å². The van der Waals surface area contributed by atoms with E-state index >= 15 is 0 Å². The van der Waals surface area contributed by atoms with Gasteiger partial charge < -0.3 is 14.5 Å². The number of fused-ring (bicyclic) bond motifs is 1. The Morgan fingerprint density at radius 3 is 2.49 bits per heavy atom. The molecule has 2 amide bonds. The van der Waals surface area contributed by atoms with E-state index in [0.29, 0.717) is 38.1 Å². The third kappa shape index (κ3) is 4.93. The lowest BCUT2D eigenvalue weighted by Crippen LogP contribution is -2.53. The number of amides is 2. The molecule has 2 unspecified atom stereocenters. The summed E-state index contributed by atoms with van der Waals surface area (Å²) in [5.41, 5.74) is 3.77. The van der Waals surface area contributed by atoms with E-state index in [2.05, 4.69) is 22.0 Å². The van der Waals surface area contributed by atoms with Gasteiger partial charge in [-0.3, -0.25) is 19.8 Å². The topological polar surface area (TPSA) is 95.0 Å². The fraction of sp³-hybridized carbons (Fsp3) is 0.370. The molecule has 35 heavy (non-hydrogen) atoms. The second-order valence-electron chi connectivity index (χ2n) is 9.22. The molecule has 0 spiro atoms. The molecule has 3 aromatic rings. The normalized spacial score (nSPS) is 22.6. The van der Waals surface area contributed by atoms with Crippen LogP contribution in [0, 0.1) is 11.8 Å². The van der Waals surface area contributed by atoms with Gasteiger partial charge in [0.05, 0.1) is 23.5 Å². The van der Waals surface area contributed by atoms with Crippen molar-refractivity contribution in [2.24, 2.45) is 11.8 Å². The van der Waals surface area contributed by atoms with Crippen molar-refractivity contribution in [1.82, 2.24) is 15.4 Å². The predicted molar refractivity (Wildman–Crippen MR) is 132 cm³/mol. The number of ether oxygens (including phenoxy) is 1. The van der Waals surface area contributed by atoms with Gasteiger partial charge in [0.15, 0.2) is 0 Å². The zero-order valence-electron chi connectivity index (χ0n) is 19.5. The van der Waals surface area contributed by atoms with Crippen molar-refractivity contribution in [2.75, 3.05) is 31.1 Å². The summed E-state index contributed by atoms with van der Waals surface area (Å²) in [5, 5.41) is 10.3. The number of hydroxylamine groups is 1. The van der Waals surface area contributed by atoms with Crippen molar-refractivity contribution in [2.45, 2.75) is 25.4 Å². The highest BCUT2D eigenvalue weighted by atomic mass is 16.5. The number of para-hydroxylation sites is 1. The van der Waals surface area contributed by atoms with Crippen LogP contribution in [-0.2, 0) is 9.59 Å². The third-order valence-electron chi connectivity index (χ3n) is 7.18. The first-order valence-electron chi connectivity index (χ1n) is 12.2. The van der Waals surface area contributed by atoms with E-state index in [9.17, 15) is 14.8 Å². The first-order chi connectivity index (χ1) is 17.1. The molecule has 2 heterocycles. The molecular formula is C27H30N4O4. The fourth-order valence-corrected chi connectivity index (χ4v) is 5.32. The Kier molecular flexibility index (Phi) is 6.81. The van der Waals surface area contributed by atoms with Gasteiger partial charge in [0.2, 0.25) is 11.8 Å². The lowest BCUT2D eigenvalue weighted by Gasteiger charge is -2.40. The van der Waals surface area contributed by atoms with E-state index in [0.717, 1.165) is 29.7 Å². The minimum Gasteiger partial charge on any atom is -0.490 e. The van der Waals surface area contributed by atoms with E-state index in [1.165, 1.54) is 0 Å². The minimum absolute atomic E-state index is 0.0147. The quantitative estimate of drug-likeness (QED) is 0.436. The summed E-state index contributed by atoms with van der Waals surface area (Å²) in [6, 6.07) is 19.7. The van der Waals surface area contributed by atoms with Gasteiger partial charge in [-0.2, -0.15) is 0 Å². The predicted octanol–water partition coefficient (Wildman–Crippen LogP) is 3.25. The molecule has 2 aromatic carbocycles. The zero-order valence-corrected chi connectivity index (χ0v) is 19.5. The molecule has 8 nitrogen and oxygen atoms in total. The summed E-state index contributed by atoms with van der Waals surface area (Å²) in [6.07, 6.45) is 3.06. The lowest BCUT2D eigenvalue weighted by atomic mass is 9.76. The number of hydrogen-bond donors (Lipinski definition) is 2. The van der Waals surface area contributed by atoms with Crippen molar-refractivity contribution >= 4 is 28.4 Å². The molecule has 2 N–H and O–H groups in total. The van der Waals surface area contributed by atoms with Crippen LogP contribution < -0.4 is 15.1 Å². The van der Waals surface area contributed by atoms with Gasteiger partial charge in [-0.1, -0.05) is 24.3 Å². The van der Waals surface area contributed by atoms with Crippen molar-refractivity contribution in [3.8, 4) is 5.75 Å². The number of aromatic nitrogens is 1. The van der Waals surface area contributed by atoms with Crippen LogP contribution in [0.4, 0.5) is 5.69 Å². The summed E-state index contributed by atoms with van der Waals surface area (Å²) in [7, 11) is 0. The maximum absolute atomic E-state index is 13.5. The molecule has 182 valence electrons. The molecule has 3 atom stereocenters. The van der Waals surface area contributed by atoms with Gasteiger partial charge in [0.25, 0.3) is 0 Å². The highest BCUT2D eigenvalue weighted by molar-refractivity contribution is 5.88. The molecule has 2 aliphatic rings. The number of nitrogens with one attached hydrogen (secondary N) is 1. The van der Waals surface area contributed by atoms with Crippen LogP contribution in [0.1, 0.15) is 19.3 Å². The SMILES string of the molecule is O=C(NO)[C@@H]1CC(Oc2cccc3ncccc23)CCC1C(=O)N1CCN(c2ccccc2)CC1. The van der Waals surface area contributed by atoms with E-state index in [4.69, 9.17) is 4.74 Å². The second-order valence-corrected chi connectivity index (χ2v) is 9.22. The summed E-state index contributed by atoms with van der Waals surface area (Å²) < 4.78 is 6.30. The molecule has 1 aliphatic carbocycles. The molecule has 5 rings (SSSR count). The summed E-state index contributed by atoms with van der Waals surface area (Å²) >= 11 is 0. The average molecular weight is 475 g/mol. The maximum atomic E-state index is 13.5. The number of carbonyl (C=O) groups is 2. The molecular weight excluding hydrogens is 444 g/mol. The summed E-state index contributed by atoms with van der Waals surface area (Å²) in [4.78, 5) is 34.6.